The van der Waals surface area contributed by atoms with Gasteiger partial charge < -0.3 is 4.84 Å². The topological polar surface area (TPSA) is 102 Å². The molecule has 0 aliphatic carbocycles. The van der Waals surface area contributed by atoms with E-state index in [1.807, 2.05) is 32.0 Å². The number of aryl methyl sites for hydroxylation is 1. The zero-order valence-electron chi connectivity index (χ0n) is 14.2. The van der Waals surface area contributed by atoms with E-state index in [2.05, 4.69) is 9.56 Å². The fourth-order valence-electron chi connectivity index (χ4n) is 2.67. The predicted molar refractivity (Wildman–Crippen MR) is 95.6 cm³/mol. The van der Waals surface area contributed by atoms with Crippen molar-refractivity contribution >= 4 is 27.8 Å². The van der Waals surface area contributed by atoms with Crippen molar-refractivity contribution in [3.63, 3.8) is 0 Å². The van der Waals surface area contributed by atoms with E-state index in [0.717, 1.165) is 16.7 Å². The Morgan fingerprint density at radius 2 is 2.16 bits per heavy atom. The minimum atomic E-state index is -3.73. The monoisotopic (exact) mass is 387 g/mol. The molecule has 1 aliphatic rings. The smallest absolute Gasteiger partial charge is 0.324 e. The van der Waals surface area contributed by atoms with Crippen molar-refractivity contribution in [2.75, 3.05) is 6.54 Å². The van der Waals surface area contributed by atoms with E-state index in [-0.39, 0.29) is 13.0 Å². The first-order valence-electron chi connectivity index (χ1n) is 7.93. The summed E-state index contributed by atoms with van der Waals surface area (Å²) in [7, 11) is -3.73. The number of hydrogen-bond donors (Lipinski definition) is 2. The lowest BCUT2D eigenvalue weighted by Crippen LogP contribution is -2.44. The second-order valence-corrected chi connectivity index (χ2v) is 7.90. The van der Waals surface area contributed by atoms with Gasteiger partial charge in [-0.05, 0) is 42.5 Å². The van der Waals surface area contributed by atoms with Crippen molar-refractivity contribution in [2.24, 2.45) is 5.90 Å². The Kier molecular flexibility index (Phi) is 6.45. The second kappa shape index (κ2) is 8.18. The van der Waals surface area contributed by atoms with Gasteiger partial charge >= 0.3 is 16.2 Å². The van der Waals surface area contributed by atoms with Gasteiger partial charge in [-0.1, -0.05) is 30.7 Å². The third-order valence-corrected chi connectivity index (χ3v) is 5.79. The normalized spacial score (nSPS) is 19.4. The fraction of sp³-hybridized carbons (Fsp3) is 0.438. The molecule has 0 bridgehead atoms. The molecule has 1 aromatic carbocycles. The number of nitrogens with one attached hydrogen (secondary N) is 1. The number of halogens is 1. The molecule has 1 aliphatic heterocycles. The number of carbonyl (C=O) groups is 1. The maximum atomic E-state index is 12.5. The van der Waals surface area contributed by atoms with Crippen LogP contribution in [-0.2, 0) is 19.8 Å². The van der Waals surface area contributed by atoms with E-state index in [9.17, 15) is 13.2 Å². The maximum Gasteiger partial charge on any atom is 0.324 e. The SMILES string of the molecule is CCC1=CN(CCCC(=O)ON)S(=O)(=O)NC1c1ccc(C)cc1Cl. The summed E-state index contributed by atoms with van der Waals surface area (Å²) in [5.41, 5.74) is 2.61. The van der Waals surface area contributed by atoms with Crippen molar-refractivity contribution < 1.29 is 18.0 Å². The van der Waals surface area contributed by atoms with Crippen LogP contribution in [0.25, 0.3) is 0 Å². The van der Waals surface area contributed by atoms with Crippen molar-refractivity contribution in [2.45, 2.75) is 39.2 Å². The molecule has 1 unspecified atom stereocenters. The van der Waals surface area contributed by atoms with Crippen molar-refractivity contribution in [3.8, 4) is 0 Å². The van der Waals surface area contributed by atoms with Crippen LogP contribution in [-0.4, -0.2) is 25.2 Å². The minimum absolute atomic E-state index is 0.0467. The third kappa shape index (κ3) is 4.72. The summed E-state index contributed by atoms with van der Waals surface area (Å²) in [5, 5.41) is 0.520. The van der Waals surface area contributed by atoms with Gasteiger partial charge in [0.1, 0.15) is 0 Å². The summed E-state index contributed by atoms with van der Waals surface area (Å²) < 4.78 is 29.0. The first-order valence-corrected chi connectivity index (χ1v) is 9.75. The Hall–Kier alpha value is -1.61. The van der Waals surface area contributed by atoms with Gasteiger partial charge in [-0.3, -0.25) is 9.10 Å². The molecule has 0 aromatic heterocycles. The van der Waals surface area contributed by atoms with E-state index in [1.54, 1.807) is 6.20 Å². The average molecular weight is 388 g/mol. The van der Waals surface area contributed by atoms with Crippen LogP contribution in [0, 0.1) is 6.92 Å². The Bertz CT molecular complexity index is 780. The Labute approximate surface area is 152 Å². The third-order valence-electron chi connectivity index (χ3n) is 4.02. The van der Waals surface area contributed by atoms with Crippen molar-refractivity contribution in [1.82, 2.24) is 9.03 Å². The lowest BCUT2D eigenvalue weighted by molar-refractivity contribution is -0.144. The van der Waals surface area contributed by atoms with Crippen molar-refractivity contribution in [1.29, 1.82) is 0 Å². The first-order chi connectivity index (χ1) is 11.8. The van der Waals surface area contributed by atoms with Crippen LogP contribution >= 0.6 is 11.6 Å². The van der Waals surface area contributed by atoms with Gasteiger partial charge in [-0.15, -0.1) is 0 Å². The Morgan fingerprint density at radius 1 is 1.44 bits per heavy atom. The van der Waals surface area contributed by atoms with E-state index < -0.39 is 22.2 Å². The van der Waals surface area contributed by atoms with Gasteiger partial charge in [-0.2, -0.15) is 19.0 Å². The number of rotatable bonds is 6. The summed E-state index contributed by atoms with van der Waals surface area (Å²) in [4.78, 5) is 15.2. The van der Waals surface area contributed by atoms with Crippen LogP contribution in [0.3, 0.4) is 0 Å². The number of hydrogen-bond acceptors (Lipinski definition) is 5. The van der Waals surface area contributed by atoms with Gasteiger partial charge in [0.05, 0.1) is 6.04 Å². The zero-order chi connectivity index (χ0) is 18.6. The number of carbonyl (C=O) groups excluding carboxylic acids is 1. The summed E-state index contributed by atoms with van der Waals surface area (Å²) in [6, 6.07) is 5.03. The van der Waals surface area contributed by atoms with Crippen LogP contribution in [0.5, 0.6) is 0 Å². The van der Waals surface area contributed by atoms with Gasteiger partial charge in [-0.25, -0.2) is 0 Å². The highest BCUT2D eigenvalue weighted by Gasteiger charge is 2.32. The molecule has 1 heterocycles. The predicted octanol–water partition coefficient (Wildman–Crippen LogP) is 2.33. The molecule has 7 nitrogen and oxygen atoms in total. The molecule has 9 heteroatoms. The van der Waals surface area contributed by atoms with E-state index in [1.165, 1.54) is 4.31 Å². The second-order valence-electron chi connectivity index (χ2n) is 5.84. The molecule has 3 N–H and O–H groups in total. The lowest BCUT2D eigenvalue weighted by atomic mass is 9.97. The molecule has 1 atom stereocenters. The van der Waals surface area contributed by atoms with E-state index in [0.29, 0.717) is 17.9 Å². The average Bonchev–Trinajstić information content (AvgIpc) is 2.55. The molecule has 1 aromatic rings. The number of benzene rings is 1. The quantitative estimate of drug-likeness (QED) is 0.729. The highest BCUT2D eigenvalue weighted by atomic mass is 35.5. The van der Waals surface area contributed by atoms with E-state index in [4.69, 9.17) is 17.5 Å². The van der Waals surface area contributed by atoms with Gasteiger partial charge in [0.15, 0.2) is 0 Å². The molecular formula is C16H22ClN3O4S. The van der Waals surface area contributed by atoms with Crippen molar-refractivity contribution in [3.05, 3.63) is 46.1 Å². The molecule has 0 amide bonds. The highest BCUT2D eigenvalue weighted by molar-refractivity contribution is 7.87. The molecule has 0 fully saturated rings. The van der Waals surface area contributed by atoms with Gasteiger partial charge in [0.2, 0.25) is 0 Å². The van der Waals surface area contributed by atoms with Gasteiger partial charge in [0.25, 0.3) is 0 Å². The summed E-state index contributed by atoms with van der Waals surface area (Å²) in [5.74, 6) is 4.20. The molecule has 2 rings (SSSR count). The van der Waals surface area contributed by atoms with Crippen LogP contribution in [0.1, 0.15) is 43.4 Å². The largest absolute Gasteiger partial charge is 0.373 e. The molecular weight excluding hydrogens is 366 g/mol. The standard InChI is InChI=1S/C16H22ClN3O4S/c1-3-12-10-20(8-4-5-15(21)24-18)25(22,23)19-16(12)13-7-6-11(2)9-14(13)17/h6-7,9-10,16,19H,3-5,8,18H2,1-2H3. The van der Waals surface area contributed by atoms with Crippen LogP contribution in [0.2, 0.25) is 5.02 Å². The van der Waals surface area contributed by atoms with Gasteiger partial charge in [0, 0.05) is 24.2 Å². The molecule has 0 saturated carbocycles. The fourth-order valence-corrected chi connectivity index (χ4v) is 4.37. The van der Waals surface area contributed by atoms with E-state index >= 15 is 0 Å². The van der Waals surface area contributed by atoms with Crippen LogP contribution < -0.4 is 10.6 Å². The number of nitrogens with two attached hydrogens (primary N) is 1. The molecule has 0 radical (unpaired) electrons. The Balaban J connectivity index is 2.26. The molecule has 0 spiro atoms. The maximum absolute atomic E-state index is 12.5. The first kappa shape index (κ1) is 19.7. The molecule has 0 saturated heterocycles. The zero-order valence-corrected chi connectivity index (χ0v) is 15.7. The van der Waals surface area contributed by atoms with Crippen LogP contribution in [0.4, 0.5) is 0 Å². The van der Waals surface area contributed by atoms with Crippen LogP contribution in [0.15, 0.2) is 30.0 Å². The Morgan fingerprint density at radius 3 is 2.76 bits per heavy atom. The molecule has 25 heavy (non-hydrogen) atoms. The minimum Gasteiger partial charge on any atom is -0.373 e. The summed E-state index contributed by atoms with van der Waals surface area (Å²) in [6.45, 7) is 4.03. The summed E-state index contributed by atoms with van der Waals surface area (Å²) >= 11 is 6.31. The molecule has 138 valence electrons. The lowest BCUT2D eigenvalue weighted by Gasteiger charge is -2.33. The number of nitrogens with zero attached hydrogens (tertiary/aromatic N) is 1. The highest BCUT2D eigenvalue weighted by Crippen LogP contribution is 2.34. The summed E-state index contributed by atoms with van der Waals surface area (Å²) in [6.07, 6.45) is 2.62.